The quantitative estimate of drug-likeness (QED) is 0.868. The summed E-state index contributed by atoms with van der Waals surface area (Å²) in [6.45, 7) is 4.56. The third-order valence-electron chi connectivity index (χ3n) is 4.62. The summed E-state index contributed by atoms with van der Waals surface area (Å²) in [4.78, 5) is 28.6. The normalized spacial score (nSPS) is 21.1. The zero-order chi connectivity index (χ0) is 17.6. The van der Waals surface area contributed by atoms with E-state index >= 15 is 0 Å². The second-order valence-corrected chi connectivity index (χ2v) is 7.42. The fourth-order valence-electron chi connectivity index (χ4n) is 3.11. The molecule has 0 saturated carbocycles. The molecule has 2 fully saturated rings. The summed E-state index contributed by atoms with van der Waals surface area (Å²) in [6.07, 6.45) is 0.807. The van der Waals surface area contributed by atoms with Gasteiger partial charge in [0.05, 0.1) is 6.04 Å². The number of ether oxygens (including phenoxy) is 1. The van der Waals surface area contributed by atoms with Crippen LogP contribution in [0.1, 0.15) is 12.0 Å². The standard InChI is InChI=1S/C18H25N3O3S/c1-14-5-2-3-6-16(14)24-11-17(22)20-7-4-8-21(10-9-20)18(23)15-12-25-13-19-15/h2-3,5-6,15,19H,4,7-13H2,1H3. The summed E-state index contributed by atoms with van der Waals surface area (Å²) < 4.78 is 5.66. The molecule has 0 aliphatic carbocycles. The van der Waals surface area contributed by atoms with Crippen LogP contribution >= 0.6 is 11.8 Å². The average Bonchev–Trinajstić information content (AvgIpc) is 3.04. The number of para-hydroxylation sites is 1. The minimum atomic E-state index is -0.0726. The van der Waals surface area contributed by atoms with E-state index in [0.717, 1.165) is 29.4 Å². The second-order valence-electron chi connectivity index (χ2n) is 6.39. The average molecular weight is 363 g/mol. The first kappa shape index (κ1) is 18.1. The maximum Gasteiger partial charge on any atom is 0.260 e. The van der Waals surface area contributed by atoms with E-state index in [1.807, 2.05) is 41.0 Å². The monoisotopic (exact) mass is 363 g/mol. The Morgan fingerprint density at radius 3 is 2.72 bits per heavy atom. The summed E-state index contributed by atoms with van der Waals surface area (Å²) >= 11 is 1.75. The number of hydrogen-bond acceptors (Lipinski definition) is 5. The number of amides is 2. The Hall–Kier alpha value is -1.73. The fraction of sp³-hybridized carbons (Fsp3) is 0.556. The summed E-state index contributed by atoms with van der Waals surface area (Å²) in [5, 5.41) is 3.22. The number of carbonyl (C=O) groups is 2. The number of thioether (sulfide) groups is 1. The van der Waals surface area contributed by atoms with Gasteiger partial charge in [-0.05, 0) is 25.0 Å². The molecule has 2 amide bonds. The van der Waals surface area contributed by atoms with Crippen LogP contribution in [-0.2, 0) is 9.59 Å². The predicted octanol–water partition coefficient (Wildman–Crippen LogP) is 1.10. The molecule has 1 unspecified atom stereocenters. The molecule has 2 aliphatic rings. The first-order valence-electron chi connectivity index (χ1n) is 8.71. The van der Waals surface area contributed by atoms with Crippen molar-refractivity contribution in [1.82, 2.24) is 15.1 Å². The Morgan fingerprint density at radius 2 is 1.96 bits per heavy atom. The third-order valence-corrected chi connectivity index (χ3v) is 5.56. The molecule has 1 aromatic carbocycles. The number of carbonyl (C=O) groups excluding carboxylic acids is 2. The molecular formula is C18H25N3O3S. The third kappa shape index (κ3) is 4.67. The first-order valence-corrected chi connectivity index (χ1v) is 9.87. The van der Waals surface area contributed by atoms with Crippen molar-refractivity contribution in [1.29, 1.82) is 0 Å². The highest BCUT2D eigenvalue weighted by Crippen LogP contribution is 2.17. The molecule has 2 saturated heterocycles. The summed E-state index contributed by atoms with van der Waals surface area (Å²) in [7, 11) is 0. The minimum Gasteiger partial charge on any atom is -0.484 e. The van der Waals surface area contributed by atoms with Gasteiger partial charge >= 0.3 is 0 Å². The van der Waals surface area contributed by atoms with Crippen molar-refractivity contribution in [3.63, 3.8) is 0 Å². The van der Waals surface area contributed by atoms with Crippen LogP contribution in [0.15, 0.2) is 24.3 Å². The Labute approximate surface area is 152 Å². The van der Waals surface area contributed by atoms with Crippen LogP contribution in [0.5, 0.6) is 5.75 Å². The first-order chi connectivity index (χ1) is 12.1. The minimum absolute atomic E-state index is 0.0212. The number of hydrogen-bond donors (Lipinski definition) is 1. The smallest absolute Gasteiger partial charge is 0.260 e. The van der Waals surface area contributed by atoms with Gasteiger partial charge in [0, 0.05) is 37.8 Å². The molecule has 7 heteroatoms. The van der Waals surface area contributed by atoms with E-state index in [9.17, 15) is 9.59 Å². The molecule has 1 atom stereocenters. The van der Waals surface area contributed by atoms with Gasteiger partial charge in [0.2, 0.25) is 5.91 Å². The SMILES string of the molecule is Cc1ccccc1OCC(=O)N1CCCN(C(=O)C2CSCN2)CC1. The van der Waals surface area contributed by atoms with E-state index in [1.165, 1.54) is 0 Å². The van der Waals surface area contributed by atoms with Crippen molar-refractivity contribution in [2.45, 2.75) is 19.4 Å². The van der Waals surface area contributed by atoms with E-state index in [2.05, 4.69) is 5.32 Å². The van der Waals surface area contributed by atoms with Crippen molar-refractivity contribution in [3.8, 4) is 5.75 Å². The van der Waals surface area contributed by atoms with Crippen LogP contribution in [0.3, 0.4) is 0 Å². The van der Waals surface area contributed by atoms with Gasteiger partial charge in [0.1, 0.15) is 5.75 Å². The van der Waals surface area contributed by atoms with Gasteiger partial charge in [-0.15, -0.1) is 11.8 Å². The lowest BCUT2D eigenvalue weighted by atomic mass is 10.2. The Bertz CT molecular complexity index is 619. The highest BCUT2D eigenvalue weighted by Gasteiger charge is 2.29. The molecule has 2 heterocycles. The van der Waals surface area contributed by atoms with Gasteiger partial charge in [-0.2, -0.15) is 0 Å². The maximum absolute atomic E-state index is 12.5. The van der Waals surface area contributed by atoms with Crippen LogP contribution in [0.25, 0.3) is 0 Å². The number of rotatable bonds is 4. The number of nitrogens with zero attached hydrogens (tertiary/aromatic N) is 2. The topological polar surface area (TPSA) is 61.9 Å². The molecule has 25 heavy (non-hydrogen) atoms. The molecule has 1 N–H and O–H groups in total. The Balaban J connectivity index is 1.49. The molecule has 0 spiro atoms. The molecule has 136 valence electrons. The van der Waals surface area contributed by atoms with Crippen LogP contribution in [0.4, 0.5) is 0 Å². The number of nitrogens with one attached hydrogen (secondary N) is 1. The molecule has 6 nitrogen and oxygen atoms in total. The zero-order valence-corrected chi connectivity index (χ0v) is 15.4. The predicted molar refractivity (Wildman–Crippen MR) is 98.7 cm³/mol. The van der Waals surface area contributed by atoms with Crippen molar-refractivity contribution in [3.05, 3.63) is 29.8 Å². The Kier molecular flexibility index (Phi) is 6.20. The molecule has 0 aromatic heterocycles. The zero-order valence-electron chi connectivity index (χ0n) is 14.6. The van der Waals surface area contributed by atoms with E-state index < -0.39 is 0 Å². The molecule has 1 aromatic rings. The van der Waals surface area contributed by atoms with Crippen LogP contribution in [0, 0.1) is 6.92 Å². The number of benzene rings is 1. The van der Waals surface area contributed by atoms with Gasteiger partial charge in [-0.25, -0.2) is 0 Å². The van der Waals surface area contributed by atoms with Gasteiger partial charge < -0.3 is 14.5 Å². The van der Waals surface area contributed by atoms with Gasteiger partial charge in [0.15, 0.2) is 6.61 Å². The lowest BCUT2D eigenvalue weighted by molar-refractivity contribution is -0.135. The Morgan fingerprint density at radius 1 is 1.20 bits per heavy atom. The highest BCUT2D eigenvalue weighted by atomic mass is 32.2. The van der Waals surface area contributed by atoms with Gasteiger partial charge in [-0.3, -0.25) is 14.9 Å². The molecule has 0 bridgehead atoms. The number of aryl methyl sites for hydroxylation is 1. The van der Waals surface area contributed by atoms with Crippen LogP contribution in [-0.4, -0.2) is 72.1 Å². The van der Waals surface area contributed by atoms with E-state index in [0.29, 0.717) is 26.2 Å². The van der Waals surface area contributed by atoms with E-state index in [-0.39, 0.29) is 24.5 Å². The van der Waals surface area contributed by atoms with Crippen molar-refractivity contribution in [2.24, 2.45) is 0 Å². The van der Waals surface area contributed by atoms with Gasteiger partial charge in [-0.1, -0.05) is 18.2 Å². The van der Waals surface area contributed by atoms with E-state index in [4.69, 9.17) is 4.74 Å². The largest absolute Gasteiger partial charge is 0.484 e. The van der Waals surface area contributed by atoms with Crippen LogP contribution in [0.2, 0.25) is 0 Å². The van der Waals surface area contributed by atoms with Crippen molar-refractivity contribution < 1.29 is 14.3 Å². The summed E-state index contributed by atoms with van der Waals surface area (Å²) in [5.41, 5.74) is 1.02. The fourth-order valence-corrected chi connectivity index (χ4v) is 4.04. The van der Waals surface area contributed by atoms with Gasteiger partial charge in [0.25, 0.3) is 5.91 Å². The second kappa shape index (κ2) is 8.58. The lowest BCUT2D eigenvalue weighted by Crippen LogP contribution is -2.46. The summed E-state index contributed by atoms with van der Waals surface area (Å²) in [5.74, 6) is 2.56. The van der Waals surface area contributed by atoms with Crippen molar-refractivity contribution >= 4 is 23.6 Å². The van der Waals surface area contributed by atoms with E-state index in [1.54, 1.807) is 11.8 Å². The van der Waals surface area contributed by atoms with Crippen molar-refractivity contribution in [2.75, 3.05) is 44.4 Å². The summed E-state index contributed by atoms with van der Waals surface area (Å²) in [6, 6.07) is 7.61. The maximum atomic E-state index is 12.5. The molecule has 3 rings (SSSR count). The van der Waals surface area contributed by atoms with Crippen LogP contribution < -0.4 is 10.1 Å². The molecular weight excluding hydrogens is 338 g/mol. The lowest BCUT2D eigenvalue weighted by Gasteiger charge is -2.24. The highest BCUT2D eigenvalue weighted by molar-refractivity contribution is 7.99. The molecule has 0 radical (unpaired) electrons. The molecule has 2 aliphatic heterocycles.